The molecule has 1 aliphatic rings. The van der Waals surface area contributed by atoms with Crippen LogP contribution in [0.25, 0.3) is 0 Å². The van der Waals surface area contributed by atoms with Crippen molar-refractivity contribution in [1.82, 2.24) is 4.72 Å². The van der Waals surface area contributed by atoms with Crippen LogP contribution < -0.4 is 4.72 Å². The molecule has 2 rings (SSSR count). The Bertz CT molecular complexity index is 581. The second kappa shape index (κ2) is 7.48. The van der Waals surface area contributed by atoms with E-state index in [-0.39, 0.29) is 18.0 Å². The van der Waals surface area contributed by atoms with E-state index in [0.29, 0.717) is 6.07 Å². The third-order valence-electron chi connectivity index (χ3n) is 3.99. The summed E-state index contributed by atoms with van der Waals surface area (Å²) in [7, 11) is -3.75. The fraction of sp³-hybridized carbons (Fsp3) is 0.600. The summed E-state index contributed by atoms with van der Waals surface area (Å²) in [5, 5.41) is 10.0. The normalized spacial score (nSPS) is 18.3. The SMILES string of the molecule is O=S(=O)(Cc1cc(F)cc(F)c1)NCC(O)C1CCCCC1. The van der Waals surface area contributed by atoms with Gasteiger partial charge in [-0.2, -0.15) is 0 Å². The van der Waals surface area contributed by atoms with Crippen molar-refractivity contribution in [2.24, 2.45) is 5.92 Å². The fourth-order valence-corrected chi connectivity index (χ4v) is 3.99. The third-order valence-corrected chi connectivity index (χ3v) is 5.31. The molecule has 1 aromatic carbocycles. The van der Waals surface area contributed by atoms with Gasteiger partial charge in [0.15, 0.2) is 0 Å². The fourth-order valence-electron chi connectivity index (χ4n) is 2.86. The Hall–Kier alpha value is -1.05. The first-order valence-electron chi connectivity index (χ1n) is 7.46. The van der Waals surface area contributed by atoms with Crippen molar-refractivity contribution in [3.05, 3.63) is 35.4 Å². The topological polar surface area (TPSA) is 66.4 Å². The van der Waals surface area contributed by atoms with Gasteiger partial charge in [0.05, 0.1) is 11.9 Å². The summed E-state index contributed by atoms with van der Waals surface area (Å²) in [6.07, 6.45) is 4.34. The van der Waals surface area contributed by atoms with Gasteiger partial charge in [-0.25, -0.2) is 21.9 Å². The van der Waals surface area contributed by atoms with E-state index < -0.39 is 33.5 Å². The zero-order valence-electron chi connectivity index (χ0n) is 12.3. The van der Waals surface area contributed by atoms with Crippen LogP contribution in [-0.4, -0.2) is 26.2 Å². The largest absolute Gasteiger partial charge is 0.391 e. The highest BCUT2D eigenvalue weighted by molar-refractivity contribution is 7.88. The van der Waals surface area contributed by atoms with E-state index >= 15 is 0 Å². The van der Waals surface area contributed by atoms with Gasteiger partial charge < -0.3 is 5.11 Å². The third kappa shape index (κ3) is 5.30. The van der Waals surface area contributed by atoms with Crippen LogP contribution in [0.15, 0.2) is 18.2 Å². The zero-order chi connectivity index (χ0) is 16.2. The van der Waals surface area contributed by atoms with Crippen molar-refractivity contribution >= 4 is 10.0 Å². The molecule has 7 heteroatoms. The second-order valence-electron chi connectivity index (χ2n) is 5.85. The minimum absolute atomic E-state index is 0.0390. The van der Waals surface area contributed by atoms with Crippen molar-refractivity contribution < 1.29 is 22.3 Å². The lowest BCUT2D eigenvalue weighted by Gasteiger charge is -2.26. The van der Waals surface area contributed by atoms with Crippen molar-refractivity contribution in [3.8, 4) is 0 Å². The lowest BCUT2D eigenvalue weighted by Crippen LogP contribution is -2.37. The molecule has 0 radical (unpaired) electrons. The van der Waals surface area contributed by atoms with Crippen LogP contribution in [0.4, 0.5) is 8.78 Å². The summed E-state index contributed by atoms with van der Waals surface area (Å²) in [6.45, 7) is -0.0647. The van der Waals surface area contributed by atoms with Crippen LogP contribution in [-0.2, 0) is 15.8 Å². The van der Waals surface area contributed by atoms with Crippen molar-refractivity contribution in [1.29, 1.82) is 0 Å². The van der Waals surface area contributed by atoms with Gasteiger partial charge in [-0.3, -0.25) is 0 Å². The predicted molar refractivity (Wildman–Crippen MR) is 79.6 cm³/mol. The zero-order valence-corrected chi connectivity index (χ0v) is 13.1. The van der Waals surface area contributed by atoms with Crippen LogP contribution in [0, 0.1) is 17.6 Å². The highest BCUT2D eigenvalue weighted by atomic mass is 32.2. The molecule has 2 N–H and O–H groups in total. The maximum Gasteiger partial charge on any atom is 0.215 e. The molecule has 0 bridgehead atoms. The number of aliphatic hydroxyl groups excluding tert-OH is 1. The number of halogens is 2. The number of benzene rings is 1. The Morgan fingerprint density at radius 2 is 1.73 bits per heavy atom. The van der Waals surface area contributed by atoms with Crippen LogP contribution >= 0.6 is 0 Å². The quantitative estimate of drug-likeness (QED) is 0.840. The predicted octanol–water partition coefficient (Wildman–Crippen LogP) is 2.33. The molecular formula is C15H21F2NO3S. The monoisotopic (exact) mass is 333 g/mol. The molecule has 22 heavy (non-hydrogen) atoms. The molecule has 1 unspecified atom stereocenters. The molecule has 0 amide bonds. The van der Waals surface area contributed by atoms with Crippen LogP contribution in [0.5, 0.6) is 0 Å². The highest BCUT2D eigenvalue weighted by Gasteiger charge is 2.23. The first-order valence-corrected chi connectivity index (χ1v) is 9.11. The van der Waals surface area contributed by atoms with Crippen molar-refractivity contribution in [3.63, 3.8) is 0 Å². The van der Waals surface area contributed by atoms with Gasteiger partial charge in [0, 0.05) is 12.6 Å². The molecule has 1 aromatic rings. The molecule has 0 heterocycles. The second-order valence-corrected chi connectivity index (χ2v) is 7.66. The molecule has 1 saturated carbocycles. The summed E-state index contributed by atoms with van der Waals surface area (Å²) >= 11 is 0. The van der Waals surface area contributed by atoms with Crippen molar-refractivity contribution in [2.75, 3.05) is 6.54 Å². The Morgan fingerprint density at radius 1 is 1.14 bits per heavy atom. The molecule has 4 nitrogen and oxygen atoms in total. The van der Waals surface area contributed by atoms with E-state index in [1.165, 1.54) is 0 Å². The van der Waals surface area contributed by atoms with E-state index in [9.17, 15) is 22.3 Å². The maximum atomic E-state index is 13.1. The molecular weight excluding hydrogens is 312 g/mol. The van der Waals surface area contributed by atoms with Crippen LogP contribution in [0.2, 0.25) is 0 Å². The number of sulfonamides is 1. The van der Waals surface area contributed by atoms with E-state index in [0.717, 1.165) is 44.2 Å². The molecule has 1 atom stereocenters. The van der Waals surface area contributed by atoms with Gasteiger partial charge in [-0.15, -0.1) is 0 Å². The number of hydrogen-bond acceptors (Lipinski definition) is 3. The summed E-state index contributed by atoms with van der Waals surface area (Å²) < 4.78 is 52.3. The van der Waals surface area contributed by atoms with Crippen molar-refractivity contribution in [2.45, 2.75) is 44.0 Å². The number of nitrogens with one attached hydrogen (secondary N) is 1. The van der Waals surface area contributed by atoms with E-state index in [4.69, 9.17) is 0 Å². The molecule has 0 aliphatic heterocycles. The van der Waals surface area contributed by atoms with E-state index in [1.807, 2.05) is 0 Å². The summed E-state index contributed by atoms with van der Waals surface area (Å²) in [6, 6.07) is 2.66. The van der Waals surface area contributed by atoms with Gasteiger partial charge >= 0.3 is 0 Å². The Labute approximate surface area is 129 Å². The standard InChI is InChI=1S/C15H21F2NO3S/c16-13-6-11(7-14(17)8-13)10-22(20,21)18-9-15(19)12-4-2-1-3-5-12/h6-8,12,15,18-19H,1-5,9-10H2. The van der Waals surface area contributed by atoms with E-state index in [1.54, 1.807) is 0 Å². The Kier molecular flexibility index (Phi) is 5.88. The number of rotatable bonds is 6. The molecule has 1 fully saturated rings. The van der Waals surface area contributed by atoms with Gasteiger partial charge in [-0.1, -0.05) is 19.3 Å². The summed E-state index contributed by atoms with van der Waals surface area (Å²) in [5.41, 5.74) is 0.0390. The average molecular weight is 333 g/mol. The molecule has 1 aliphatic carbocycles. The highest BCUT2D eigenvalue weighted by Crippen LogP contribution is 2.26. The molecule has 124 valence electrons. The molecule has 0 saturated heterocycles. The minimum Gasteiger partial charge on any atom is -0.391 e. The number of aliphatic hydroxyl groups is 1. The smallest absolute Gasteiger partial charge is 0.215 e. The van der Waals surface area contributed by atoms with Gasteiger partial charge in [-0.05, 0) is 36.5 Å². The molecule has 0 aromatic heterocycles. The molecule has 0 spiro atoms. The van der Waals surface area contributed by atoms with Crippen LogP contribution in [0.1, 0.15) is 37.7 Å². The van der Waals surface area contributed by atoms with Gasteiger partial charge in [0.25, 0.3) is 0 Å². The lowest BCUT2D eigenvalue weighted by molar-refractivity contribution is 0.0888. The lowest BCUT2D eigenvalue weighted by atomic mass is 9.85. The summed E-state index contributed by atoms with van der Waals surface area (Å²) in [4.78, 5) is 0. The maximum absolute atomic E-state index is 13.1. The first-order chi connectivity index (χ1) is 10.4. The average Bonchev–Trinajstić information content (AvgIpc) is 2.44. The minimum atomic E-state index is -3.75. The number of hydrogen-bond donors (Lipinski definition) is 2. The Morgan fingerprint density at radius 3 is 2.32 bits per heavy atom. The first kappa shape index (κ1) is 17.3. The van der Waals surface area contributed by atoms with E-state index in [2.05, 4.69) is 4.72 Å². The Balaban J connectivity index is 1.90. The van der Waals surface area contributed by atoms with Crippen LogP contribution in [0.3, 0.4) is 0 Å². The van der Waals surface area contributed by atoms with Gasteiger partial charge in [0.2, 0.25) is 10.0 Å². The summed E-state index contributed by atoms with van der Waals surface area (Å²) in [5.74, 6) is -2.03. The van der Waals surface area contributed by atoms with Gasteiger partial charge in [0.1, 0.15) is 11.6 Å².